The summed E-state index contributed by atoms with van der Waals surface area (Å²) < 4.78 is 38.5. The van der Waals surface area contributed by atoms with Crippen LogP contribution < -0.4 is 14.8 Å². The van der Waals surface area contributed by atoms with Crippen LogP contribution in [-0.2, 0) is 10.0 Å². The van der Waals surface area contributed by atoms with Gasteiger partial charge in [0.2, 0.25) is 10.0 Å². The fraction of sp³-hybridized carbons (Fsp3) is 0.435. The van der Waals surface area contributed by atoms with Gasteiger partial charge in [0.05, 0.1) is 10.9 Å². The van der Waals surface area contributed by atoms with E-state index in [2.05, 4.69) is 5.32 Å². The van der Waals surface area contributed by atoms with Crippen LogP contribution in [0.15, 0.2) is 47.4 Å². The molecule has 0 bridgehead atoms. The second-order valence-electron chi connectivity index (χ2n) is 8.24. The monoisotopic (exact) mass is 444 g/mol. The van der Waals surface area contributed by atoms with Crippen LogP contribution in [-0.4, -0.2) is 44.9 Å². The van der Waals surface area contributed by atoms with E-state index >= 15 is 0 Å². The van der Waals surface area contributed by atoms with Gasteiger partial charge in [0, 0.05) is 18.7 Å². The zero-order valence-electron chi connectivity index (χ0n) is 17.8. The molecule has 0 unspecified atom stereocenters. The van der Waals surface area contributed by atoms with Gasteiger partial charge in [-0.2, -0.15) is 4.31 Å². The van der Waals surface area contributed by atoms with Gasteiger partial charge in [-0.3, -0.25) is 4.79 Å². The lowest BCUT2D eigenvalue weighted by atomic mass is 9.95. The summed E-state index contributed by atoms with van der Waals surface area (Å²) in [5.74, 6) is 1.17. The van der Waals surface area contributed by atoms with E-state index in [0.717, 1.165) is 18.4 Å². The smallest absolute Gasteiger partial charge is 0.251 e. The first-order chi connectivity index (χ1) is 14.9. The van der Waals surface area contributed by atoms with E-state index in [1.54, 1.807) is 18.2 Å². The summed E-state index contributed by atoms with van der Waals surface area (Å²) >= 11 is 0. The topological polar surface area (TPSA) is 84.9 Å². The second-order valence-corrected chi connectivity index (χ2v) is 10.2. The first kappa shape index (κ1) is 21.6. The molecule has 2 aliphatic rings. The van der Waals surface area contributed by atoms with E-state index < -0.39 is 10.0 Å². The molecule has 4 rings (SSSR count). The van der Waals surface area contributed by atoms with Gasteiger partial charge in [-0.25, -0.2) is 8.42 Å². The highest BCUT2D eigenvalue weighted by molar-refractivity contribution is 7.89. The number of fused-ring (bicyclic) bond motifs is 1. The SMILES string of the molecule is CC(C)[C@@H](NC(=O)c1cccc(S(=O)(=O)N2CCCC2)c1)c1ccc2c(c1)OCCO2. The second kappa shape index (κ2) is 8.88. The molecule has 0 saturated carbocycles. The van der Waals surface area contributed by atoms with Crippen molar-refractivity contribution in [3.8, 4) is 11.5 Å². The van der Waals surface area contributed by atoms with Gasteiger partial charge >= 0.3 is 0 Å². The average Bonchev–Trinajstić information content (AvgIpc) is 3.33. The van der Waals surface area contributed by atoms with Crippen molar-refractivity contribution in [1.29, 1.82) is 0 Å². The Bertz CT molecular complexity index is 1060. The van der Waals surface area contributed by atoms with E-state index in [4.69, 9.17) is 9.47 Å². The van der Waals surface area contributed by atoms with Gasteiger partial charge in [-0.15, -0.1) is 0 Å². The molecule has 0 spiro atoms. The normalized spacial score (nSPS) is 17.5. The molecule has 31 heavy (non-hydrogen) atoms. The summed E-state index contributed by atoms with van der Waals surface area (Å²) in [7, 11) is -3.58. The molecule has 2 aliphatic heterocycles. The van der Waals surface area contributed by atoms with Gasteiger partial charge in [0.15, 0.2) is 11.5 Å². The number of hydrogen-bond donors (Lipinski definition) is 1. The lowest BCUT2D eigenvalue weighted by Crippen LogP contribution is -2.32. The number of nitrogens with zero attached hydrogens (tertiary/aromatic N) is 1. The van der Waals surface area contributed by atoms with Crippen LogP contribution in [0.1, 0.15) is 48.7 Å². The summed E-state index contributed by atoms with van der Waals surface area (Å²) in [5.41, 5.74) is 1.23. The number of carbonyl (C=O) groups excluding carboxylic acids is 1. The maximum absolute atomic E-state index is 13.0. The largest absolute Gasteiger partial charge is 0.486 e. The van der Waals surface area contributed by atoms with Gasteiger partial charge < -0.3 is 14.8 Å². The van der Waals surface area contributed by atoms with E-state index in [1.165, 1.54) is 10.4 Å². The predicted molar refractivity (Wildman–Crippen MR) is 117 cm³/mol. The maximum Gasteiger partial charge on any atom is 0.251 e. The van der Waals surface area contributed by atoms with E-state index in [1.807, 2.05) is 32.0 Å². The van der Waals surface area contributed by atoms with Crippen LogP contribution in [0.25, 0.3) is 0 Å². The van der Waals surface area contributed by atoms with Crippen LogP contribution in [0.2, 0.25) is 0 Å². The van der Waals surface area contributed by atoms with Crippen LogP contribution in [0.5, 0.6) is 11.5 Å². The van der Waals surface area contributed by atoms with Gasteiger partial charge in [0.25, 0.3) is 5.91 Å². The minimum Gasteiger partial charge on any atom is -0.486 e. The quantitative estimate of drug-likeness (QED) is 0.738. The highest BCUT2D eigenvalue weighted by Crippen LogP contribution is 2.34. The molecule has 7 nitrogen and oxygen atoms in total. The molecule has 166 valence electrons. The zero-order valence-corrected chi connectivity index (χ0v) is 18.7. The minimum atomic E-state index is -3.58. The molecular weight excluding hydrogens is 416 g/mol. The first-order valence-corrected chi connectivity index (χ1v) is 12.1. The van der Waals surface area contributed by atoms with Crippen LogP contribution in [0.4, 0.5) is 0 Å². The summed E-state index contributed by atoms with van der Waals surface area (Å²) in [6.45, 7) is 6.11. The number of sulfonamides is 1. The Kier molecular flexibility index (Phi) is 6.20. The minimum absolute atomic E-state index is 0.114. The molecular formula is C23H28N2O5S. The predicted octanol–water partition coefficient (Wildman–Crippen LogP) is 3.37. The van der Waals surface area contributed by atoms with Crippen molar-refractivity contribution >= 4 is 15.9 Å². The third-order valence-electron chi connectivity index (χ3n) is 5.68. The van der Waals surface area contributed by atoms with E-state index in [9.17, 15) is 13.2 Å². The van der Waals surface area contributed by atoms with Crippen molar-refractivity contribution in [2.45, 2.75) is 37.6 Å². The molecule has 2 aromatic carbocycles. The number of benzene rings is 2. The summed E-state index contributed by atoms with van der Waals surface area (Å²) in [5, 5.41) is 3.06. The number of ether oxygens (including phenoxy) is 2. The number of hydrogen-bond acceptors (Lipinski definition) is 5. The fourth-order valence-corrected chi connectivity index (χ4v) is 5.55. The number of amides is 1. The number of rotatable bonds is 6. The Hall–Kier alpha value is -2.58. The summed E-state index contributed by atoms with van der Waals surface area (Å²) in [6.07, 6.45) is 1.73. The van der Waals surface area contributed by atoms with Crippen molar-refractivity contribution in [3.63, 3.8) is 0 Å². The Balaban J connectivity index is 1.56. The highest BCUT2D eigenvalue weighted by atomic mass is 32.2. The van der Waals surface area contributed by atoms with Crippen LogP contribution in [0, 0.1) is 5.92 Å². The van der Waals surface area contributed by atoms with Gasteiger partial charge in [-0.05, 0) is 54.7 Å². The standard InChI is InChI=1S/C23H28N2O5S/c1-16(2)22(17-8-9-20-21(15-17)30-13-12-29-20)24-23(26)18-6-5-7-19(14-18)31(27,28)25-10-3-4-11-25/h5-9,14-16,22H,3-4,10-13H2,1-2H3,(H,24,26)/t22-/m1/s1. The molecule has 0 radical (unpaired) electrons. The molecule has 2 heterocycles. The lowest BCUT2D eigenvalue weighted by molar-refractivity contribution is 0.0925. The molecule has 8 heteroatoms. The third-order valence-corrected chi connectivity index (χ3v) is 7.57. The van der Waals surface area contributed by atoms with Gasteiger partial charge in [-0.1, -0.05) is 26.0 Å². The number of carbonyl (C=O) groups is 1. The molecule has 1 N–H and O–H groups in total. The highest BCUT2D eigenvalue weighted by Gasteiger charge is 2.28. The lowest BCUT2D eigenvalue weighted by Gasteiger charge is -2.25. The van der Waals surface area contributed by atoms with E-state index in [-0.39, 0.29) is 22.8 Å². The maximum atomic E-state index is 13.0. The number of nitrogens with one attached hydrogen (secondary N) is 1. The Labute approximate surface area is 183 Å². The van der Waals surface area contributed by atoms with Crippen molar-refractivity contribution in [3.05, 3.63) is 53.6 Å². The molecule has 0 aromatic heterocycles. The molecule has 0 aliphatic carbocycles. The van der Waals surface area contributed by atoms with Crippen molar-refractivity contribution in [1.82, 2.24) is 9.62 Å². The third kappa shape index (κ3) is 4.55. The molecule has 2 aromatic rings. The van der Waals surface area contributed by atoms with Gasteiger partial charge in [0.1, 0.15) is 13.2 Å². The Morgan fingerprint density at radius 3 is 2.42 bits per heavy atom. The van der Waals surface area contributed by atoms with Crippen molar-refractivity contribution in [2.75, 3.05) is 26.3 Å². The first-order valence-electron chi connectivity index (χ1n) is 10.7. The van der Waals surface area contributed by atoms with Crippen molar-refractivity contribution in [2.24, 2.45) is 5.92 Å². The molecule has 1 atom stereocenters. The van der Waals surface area contributed by atoms with E-state index in [0.29, 0.717) is 43.4 Å². The summed E-state index contributed by atoms with van der Waals surface area (Å²) in [6, 6.07) is 11.7. The van der Waals surface area contributed by atoms with Crippen LogP contribution in [0.3, 0.4) is 0 Å². The Morgan fingerprint density at radius 1 is 1.00 bits per heavy atom. The molecule has 1 fully saturated rings. The van der Waals surface area contributed by atoms with Crippen molar-refractivity contribution < 1.29 is 22.7 Å². The molecule has 1 amide bonds. The summed E-state index contributed by atoms with van der Waals surface area (Å²) in [4.78, 5) is 13.2. The average molecular weight is 445 g/mol. The Morgan fingerprint density at radius 2 is 1.71 bits per heavy atom. The molecule has 1 saturated heterocycles. The fourth-order valence-electron chi connectivity index (χ4n) is 3.99. The zero-order chi connectivity index (χ0) is 22.0. The van der Waals surface area contributed by atoms with Crippen LogP contribution >= 0.6 is 0 Å².